The van der Waals surface area contributed by atoms with Crippen molar-refractivity contribution >= 4 is 5.91 Å². The zero-order chi connectivity index (χ0) is 19.3. The van der Waals surface area contributed by atoms with E-state index in [4.69, 9.17) is 9.47 Å². The van der Waals surface area contributed by atoms with Crippen molar-refractivity contribution in [1.29, 1.82) is 0 Å². The Bertz CT molecular complexity index is 732. The quantitative estimate of drug-likeness (QED) is 0.787. The van der Waals surface area contributed by atoms with Crippen molar-refractivity contribution < 1.29 is 14.3 Å². The van der Waals surface area contributed by atoms with E-state index < -0.39 is 0 Å². The number of nitrogens with one attached hydrogen (secondary N) is 1. The monoisotopic (exact) mass is 362 g/mol. The number of hydrogen-bond donors (Lipinski definition) is 1. The summed E-state index contributed by atoms with van der Waals surface area (Å²) in [6.07, 6.45) is 3.35. The molecule has 26 heavy (non-hydrogen) atoms. The second-order valence-electron chi connectivity index (χ2n) is 7.00. The highest BCUT2D eigenvalue weighted by atomic mass is 16.5. The van der Waals surface area contributed by atoms with E-state index in [0.717, 1.165) is 17.7 Å². The van der Waals surface area contributed by atoms with Crippen molar-refractivity contribution in [2.75, 3.05) is 19.8 Å². The summed E-state index contributed by atoms with van der Waals surface area (Å²) in [6, 6.07) is 1.41. The molecule has 0 bridgehead atoms. The Morgan fingerprint density at radius 3 is 2.85 bits per heavy atom. The van der Waals surface area contributed by atoms with Crippen LogP contribution in [0.3, 0.4) is 0 Å². The lowest BCUT2D eigenvalue weighted by Crippen LogP contribution is -2.51. The Kier molecular flexibility index (Phi) is 7.17. The normalized spacial score (nSPS) is 19.9. The Morgan fingerprint density at radius 1 is 1.46 bits per heavy atom. The smallest absolute Gasteiger partial charge is 0.263 e. The van der Waals surface area contributed by atoms with Gasteiger partial charge < -0.3 is 19.4 Å². The molecule has 1 aliphatic heterocycles. The number of carbonyl (C=O) groups excluding carboxylic acids is 1. The molecule has 6 nitrogen and oxygen atoms in total. The largest absolute Gasteiger partial charge is 0.379 e. The fourth-order valence-electron chi connectivity index (χ4n) is 3.24. The van der Waals surface area contributed by atoms with Crippen molar-refractivity contribution in [1.82, 2.24) is 9.88 Å². The van der Waals surface area contributed by atoms with Gasteiger partial charge in [-0.3, -0.25) is 9.59 Å². The van der Waals surface area contributed by atoms with Gasteiger partial charge in [-0.15, -0.1) is 0 Å². The molecule has 6 heteroatoms. The Morgan fingerprint density at radius 2 is 2.19 bits per heavy atom. The minimum Gasteiger partial charge on any atom is -0.379 e. The number of nitrogens with zero attached hydrogens (tertiary/aromatic N) is 1. The van der Waals surface area contributed by atoms with Crippen LogP contribution < -0.4 is 10.9 Å². The second-order valence-corrected chi connectivity index (χ2v) is 7.00. The number of aromatic nitrogens is 1. The van der Waals surface area contributed by atoms with Crippen molar-refractivity contribution in [3.05, 3.63) is 44.9 Å². The third-order valence-corrected chi connectivity index (χ3v) is 4.75. The van der Waals surface area contributed by atoms with Crippen LogP contribution in [0.25, 0.3) is 0 Å². The first-order chi connectivity index (χ1) is 12.3. The van der Waals surface area contributed by atoms with E-state index in [0.29, 0.717) is 26.2 Å². The van der Waals surface area contributed by atoms with E-state index in [2.05, 4.69) is 5.32 Å². The molecule has 1 aromatic heterocycles. The van der Waals surface area contributed by atoms with E-state index in [1.807, 2.05) is 33.8 Å². The third-order valence-electron chi connectivity index (χ3n) is 4.75. The van der Waals surface area contributed by atoms with Crippen LogP contribution in [-0.2, 0) is 22.9 Å². The summed E-state index contributed by atoms with van der Waals surface area (Å²) in [4.78, 5) is 25.3. The van der Waals surface area contributed by atoms with Crippen LogP contribution in [0.1, 0.15) is 48.8 Å². The lowest BCUT2D eigenvalue weighted by atomic mass is 10.0. The first kappa shape index (κ1) is 20.4. The molecule has 1 saturated heterocycles. The fourth-order valence-corrected chi connectivity index (χ4v) is 3.24. The third kappa shape index (κ3) is 4.83. The van der Waals surface area contributed by atoms with Gasteiger partial charge in [0.1, 0.15) is 5.56 Å². The molecule has 0 saturated carbocycles. The summed E-state index contributed by atoms with van der Waals surface area (Å²) in [6.45, 7) is 9.45. The number of rotatable bonds is 6. The number of hydrogen-bond acceptors (Lipinski definition) is 4. The van der Waals surface area contributed by atoms with Gasteiger partial charge in [0, 0.05) is 19.3 Å². The molecule has 1 aliphatic rings. The maximum absolute atomic E-state index is 12.7. The average molecular weight is 362 g/mol. The van der Waals surface area contributed by atoms with Gasteiger partial charge in [-0.25, -0.2) is 0 Å². The molecule has 1 N–H and O–H groups in total. The van der Waals surface area contributed by atoms with Crippen molar-refractivity contribution in [3.63, 3.8) is 0 Å². The number of amides is 1. The zero-order valence-electron chi connectivity index (χ0n) is 16.4. The minimum atomic E-state index is -0.373. The predicted molar refractivity (Wildman–Crippen MR) is 102 cm³/mol. The van der Waals surface area contributed by atoms with Gasteiger partial charge >= 0.3 is 0 Å². The van der Waals surface area contributed by atoms with E-state index >= 15 is 0 Å². The topological polar surface area (TPSA) is 69.6 Å². The zero-order valence-corrected chi connectivity index (χ0v) is 16.4. The fraction of sp³-hybridized carbons (Fsp3) is 0.600. The first-order valence-electron chi connectivity index (χ1n) is 9.18. The first-order valence-corrected chi connectivity index (χ1v) is 9.18. The van der Waals surface area contributed by atoms with Crippen LogP contribution in [0, 0.1) is 6.92 Å². The highest BCUT2D eigenvalue weighted by Gasteiger charge is 2.29. The van der Waals surface area contributed by atoms with Crippen molar-refractivity contribution in [3.8, 4) is 0 Å². The second kappa shape index (κ2) is 9.14. The van der Waals surface area contributed by atoms with Crippen LogP contribution in [0.15, 0.2) is 22.5 Å². The highest BCUT2D eigenvalue weighted by molar-refractivity contribution is 5.94. The van der Waals surface area contributed by atoms with E-state index in [1.54, 1.807) is 17.7 Å². The number of ether oxygens (including phenoxy) is 2. The van der Waals surface area contributed by atoms with E-state index in [-0.39, 0.29) is 29.2 Å². The molecule has 2 rings (SSSR count). The molecule has 0 spiro atoms. The van der Waals surface area contributed by atoms with Crippen LogP contribution in [0.5, 0.6) is 0 Å². The summed E-state index contributed by atoms with van der Waals surface area (Å²) < 4.78 is 13.0. The molecule has 2 heterocycles. The lowest BCUT2D eigenvalue weighted by Gasteiger charge is -2.32. The molecule has 0 aromatic carbocycles. The number of aryl methyl sites for hydroxylation is 1. The summed E-state index contributed by atoms with van der Waals surface area (Å²) in [5, 5.41) is 2.93. The Hall–Kier alpha value is -1.92. The van der Waals surface area contributed by atoms with Gasteiger partial charge in [0.15, 0.2) is 0 Å². The number of carbonyl (C=O) groups is 1. The molecule has 1 aromatic rings. The van der Waals surface area contributed by atoms with Gasteiger partial charge in [0.25, 0.3) is 11.5 Å². The van der Waals surface area contributed by atoms with Crippen LogP contribution in [0.4, 0.5) is 0 Å². The maximum Gasteiger partial charge on any atom is 0.263 e. The number of pyridine rings is 1. The molecule has 0 aliphatic carbocycles. The molecular formula is C20H30N2O4. The molecule has 0 unspecified atom stereocenters. The van der Waals surface area contributed by atoms with Crippen molar-refractivity contribution in [2.45, 2.75) is 52.7 Å². The molecule has 1 amide bonds. The Balaban J connectivity index is 2.14. The Labute approximate surface area is 155 Å². The maximum atomic E-state index is 12.7. The van der Waals surface area contributed by atoms with Gasteiger partial charge in [-0.05, 0) is 45.2 Å². The average Bonchev–Trinajstić information content (AvgIpc) is 2.59. The summed E-state index contributed by atoms with van der Waals surface area (Å²) >= 11 is 0. The van der Waals surface area contributed by atoms with Crippen LogP contribution >= 0.6 is 0 Å². The molecule has 0 radical (unpaired) electrons. The van der Waals surface area contributed by atoms with Gasteiger partial charge in [0.2, 0.25) is 0 Å². The summed E-state index contributed by atoms with van der Waals surface area (Å²) in [5.41, 5.74) is 2.96. The van der Waals surface area contributed by atoms with Gasteiger partial charge in [0.05, 0.1) is 25.4 Å². The van der Waals surface area contributed by atoms with Crippen LogP contribution in [-0.4, -0.2) is 42.4 Å². The van der Waals surface area contributed by atoms with E-state index in [9.17, 15) is 9.59 Å². The predicted octanol–water partition coefficient (Wildman–Crippen LogP) is 2.13. The summed E-state index contributed by atoms with van der Waals surface area (Å²) in [7, 11) is 1.71. The minimum absolute atomic E-state index is 0.122. The van der Waals surface area contributed by atoms with Crippen LogP contribution in [0.2, 0.25) is 0 Å². The lowest BCUT2D eigenvalue weighted by molar-refractivity contribution is -0.0457. The summed E-state index contributed by atoms with van der Waals surface area (Å²) in [5.74, 6) is -0.373. The molecular weight excluding hydrogens is 332 g/mol. The van der Waals surface area contributed by atoms with E-state index in [1.165, 1.54) is 5.57 Å². The number of allylic oxidation sites excluding steroid dienone is 1. The standard InChI is InChI=1S/C20H30N2O4/c1-6-17-14(4)11-15(20(24)22(17)5)19(23)21-16-12-25-9-8-18(16)26-10-7-13(2)3/h7,11,16,18H,6,8-10,12H2,1-5H3,(H,21,23)/t16-,18+/m1/s1. The molecule has 2 atom stereocenters. The van der Waals surface area contributed by atoms with Crippen molar-refractivity contribution in [2.24, 2.45) is 7.05 Å². The SMILES string of the molecule is CCc1c(C)cc(C(=O)N[C@@H]2COCC[C@@H]2OCC=C(C)C)c(=O)n1C. The highest BCUT2D eigenvalue weighted by Crippen LogP contribution is 2.14. The molecule has 1 fully saturated rings. The van der Waals surface area contributed by atoms with Gasteiger partial charge in [-0.1, -0.05) is 18.6 Å². The van der Waals surface area contributed by atoms with Gasteiger partial charge in [-0.2, -0.15) is 0 Å². The molecule has 144 valence electrons.